The van der Waals surface area contributed by atoms with Gasteiger partial charge in [-0.2, -0.15) is 0 Å². The van der Waals surface area contributed by atoms with Gasteiger partial charge in [0.1, 0.15) is 6.73 Å². The van der Waals surface area contributed by atoms with E-state index in [1.165, 1.54) is 10.6 Å². The Kier molecular flexibility index (Phi) is 3.08. The van der Waals surface area contributed by atoms with Gasteiger partial charge < -0.3 is 10.5 Å². The minimum atomic E-state index is -0.0832. The Balaban J connectivity index is 3.03. The molecule has 1 rings (SSSR count). The fraction of sp³-hybridized carbons (Fsp3) is 0.444. The van der Waals surface area contributed by atoms with E-state index in [-0.39, 0.29) is 12.3 Å². The molecular weight excluding hydrogens is 168 g/mol. The van der Waals surface area contributed by atoms with Gasteiger partial charge in [-0.1, -0.05) is 0 Å². The molecule has 4 heteroatoms. The van der Waals surface area contributed by atoms with Gasteiger partial charge in [0.05, 0.1) is 5.69 Å². The van der Waals surface area contributed by atoms with Crippen LogP contribution in [0.2, 0.25) is 0 Å². The molecule has 0 fully saturated rings. The van der Waals surface area contributed by atoms with Gasteiger partial charge in [-0.15, -0.1) is 0 Å². The van der Waals surface area contributed by atoms with Gasteiger partial charge in [-0.25, -0.2) is 0 Å². The molecule has 1 heterocycles. The SMILES string of the molecule is CCOCn1c(C)c(N)ccc1=O. The Bertz CT molecular complexity index is 344. The maximum Gasteiger partial charge on any atom is 0.252 e. The van der Waals surface area contributed by atoms with Gasteiger partial charge in [0, 0.05) is 18.4 Å². The topological polar surface area (TPSA) is 57.2 Å². The van der Waals surface area contributed by atoms with Crippen LogP contribution in [0.15, 0.2) is 16.9 Å². The Hall–Kier alpha value is -1.29. The molecule has 0 aliphatic carbocycles. The molecule has 0 saturated heterocycles. The van der Waals surface area contributed by atoms with Crippen LogP contribution in [0.5, 0.6) is 0 Å². The number of nitrogens with two attached hydrogens (primary N) is 1. The summed E-state index contributed by atoms with van der Waals surface area (Å²) in [7, 11) is 0. The van der Waals surface area contributed by atoms with E-state index in [0.717, 1.165) is 5.69 Å². The normalized spacial score (nSPS) is 10.3. The number of anilines is 1. The van der Waals surface area contributed by atoms with E-state index in [9.17, 15) is 4.79 Å². The summed E-state index contributed by atoms with van der Waals surface area (Å²) in [4.78, 5) is 11.3. The molecule has 2 N–H and O–H groups in total. The Morgan fingerprint density at radius 2 is 2.23 bits per heavy atom. The van der Waals surface area contributed by atoms with Crippen molar-refractivity contribution < 1.29 is 4.74 Å². The van der Waals surface area contributed by atoms with E-state index in [1.807, 2.05) is 6.92 Å². The molecule has 72 valence electrons. The number of nitrogen functional groups attached to an aromatic ring is 1. The number of aromatic nitrogens is 1. The molecule has 0 atom stereocenters. The van der Waals surface area contributed by atoms with Crippen molar-refractivity contribution in [1.82, 2.24) is 4.57 Å². The van der Waals surface area contributed by atoms with Crippen molar-refractivity contribution in [2.75, 3.05) is 12.3 Å². The molecule has 0 amide bonds. The quantitative estimate of drug-likeness (QED) is 0.749. The van der Waals surface area contributed by atoms with E-state index in [1.54, 1.807) is 13.0 Å². The Morgan fingerprint density at radius 1 is 1.54 bits per heavy atom. The van der Waals surface area contributed by atoms with Crippen LogP contribution in [0.25, 0.3) is 0 Å². The second kappa shape index (κ2) is 4.09. The van der Waals surface area contributed by atoms with Crippen LogP contribution in [0.1, 0.15) is 12.6 Å². The lowest BCUT2D eigenvalue weighted by molar-refractivity contribution is 0.0841. The van der Waals surface area contributed by atoms with Gasteiger partial charge in [0.15, 0.2) is 0 Å². The van der Waals surface area contributed by atoms with Crippen molar-refractivity contribution in [3.63, 3.8) is 0 Å². The predicted molar refractivity (Wildman–Crippen MR) is 51.5 cm³/mol. The summed E-state index contributed by atoms with van der Waals surface area (Å²) in [5.41, 5.74) is 6.92. The highest BCUT2D eigenvalue weighted by Crippen LogP contribution is 2.05. The average Bonchev–Trinajstić information content (AvgIpc) is 2.12. The minimum absolute atomic E-state index is 0.0832. The maximum atomic E-state index is 11.3. The third kappa shape index (κ3) is 2.09. The number of ether oxygens (including phenoxy) is 1. The van der Waals surface area contributed by atoms with Crippen molar-refractivity contribution in [3.05, 3.63) is 28.2 Å². The van der Waals surface area contributed by atoms with Gasteiger partial charge in [0.25, 0.3) is 5.56 Å². The monoisotopic (exact) mass is 182 g/mol. The number of pyridine rings is 1. The van der Waals surface area contributed by atoms with E-state index in [4.69, 9.17) is 10.5 Å². The largest absolute Gasteiger partial charge is 0.397 e. The number of hydrogen-bond donors (Lipinski definition) is 1. The van der Waals surface area contributed by atoms with E-state index in [2.05, 4.69) is 0 Å². The van der Waals surface area contributed by atoms with Gasteiger partial charge in [-0.3, -0.25) is 9.36 Å². The zero-order valence-corrected chi connectivity index (χ0v) is 7.91. The van der Waals surface area contributed by atoms with Crippen molar-refractivity contribution in [2.45, 2.75) is 20.6 Å². The molecule has 0 aromatic carbocycles. The van der Waals surface area contributed by atoms with Gasteiger partial charge in [-0.05, 0) is 19.9 Å². The summed E-state index contributed by atoms with van der Waals surface area (Å²) in [5.74, 6) is 0. The van der Waals surface area contributed by atoms with Gasteiger partial charge in [0.2, 0.25) is 0 Å². The molecule has 4 nitrogen and oxygen atoms in total. The van der Waals surface area contributed by atoms with Crippen molar-refractivity contribution in [2.24, 2.45) is 0 Å². The fourth-order valence-corrected chi connectivity index (χ4v) is 1.04. The van der Waals surface area contributed by atoms with Crippen molar-refractivity contribution in [1.29, 1.82) is 0 Å². The Morgan fingerprint density at radius 3 is 2.85 bits per heavy atom. The lowest BCUT2D eigenvalue weighted by Gasteiger charge is -2.10. The van der Waals surface area contributed by atoms with Crippen LogP contribution in [0, 0.1) is 6.92 Å². The summed E-state index contributed by atoms with van der Waals surface area (Å²) >= 11 is 0. The van der Waals surface area contributed by atoms with Crippen LogP contribution in [0.3, 0.4) is 0 Å². The van der Waals surface area contributed by atoms with E-state index < -0.39 is 0 Å². The highest BCUT2D eigenvalue weighted by Gasteiger charge is 2.01. The molecule has 1 aromatic rings. The highest BCUT2D eigenvalue weighted by molar-refractivity contribution is 5.41. The number of rotatable bonds is 3. The first-order valence-corrected chi connectivity index (χ1v) is 4.20. The minimum Gasteiger partial charge on any atom is -0.397 e. The molecule has 0 unspecified atom stereocenters. The third-order valence-corrected chi connectivity index (χ3v) is 1.92. The molecule has 0 spiro atoms. The summed E-state index contributed by atoms with van der Waals surface area (Å²) in [6.07, 6.45) is 0. The molecule has 0 radical (unpaired) electrons. The molecule has 0 bridgehead atoms. The zero-order valence-electron chi connectivity index (χ0n) is 7.91. The standard InChI is InChI=1S/C9H14N2O2/c1-3-13-6-11-7(2)8(10)4-5-9(11)12/h4-5H,3,6,10H2,1-2H3. The predicted octanol–water partition coefficient (Wildman–Crippen LogP) is 0.733. The third-order valence-electron chi connectivity index (χ3n) is 1.92. The molecule has 13 heavy (non-hydrogen) atoms. The second-order valence-corrected chi connectivity index (χ2v) is 2.76. The molecule has 0 aliphatic rings. The average molecular weight is 182 g/mol. The van der Waals surface area contributed by atoms with Crippen molar-refractivity contribution in [3.8, 4) is 0 Å². The van der Waals surface area contributed by atoms with E-state index in [0.29, 0.717) is 12.3 Å². The molecule has 0 aliphatic heterocycles. The highest BCUT2D eigenvalue weighted by atomic mass is 16.5. The van der Waals surface area contributed by atoms with Crippen LogP contribution in [-0.2, 0) is 11.5 Å². The first-order valence-electron chi connectivity index (χ1n) is 4.20. The molecular formula is C9H14N2O2. The number of hydrogen-bond acceptors (Lipinski definition) is 3. The van der Waals surface area contributed by atoms with Crippen LogP contribution >= 0.6 is 0 Å². The smallest absolute Gasteiger partial charge is 0.252 e. The summed E-state index contributed by atoms with van der Waals surface area (Å²) in [5, 5.41) is 0. The van der Waals surface area contributed by atoms with Crippen molar-refractivity contribution >= 4 is 5.69 Å². The summed E-state index contributed by atoms with van der Waals surface area (Å²) in [6, 6.07) is 3.06. The van der Waals surface area contributed by atoms with E-state index >= 15 is 0 Å². The van der Waals surface area contributed by atoms with Gasteiger partial charge >= 0.3 is 0 Å². The summed E-state index contributed by atoms with van der Waals surface area (Å²) in [6.45, 7) is 4.54. The first kappa shape index (κ1) is 9.80. The lowest BCUT2D eigenvalue weighted by atomic mass is 10.3. The molecule has 1 aromatic heterocycles. The maximum absolute atomic E-state index is 11.3. The van der Waals surface area contributed by atoms with Crippen LogP contribution in [0.4, 0.5) is 5.69 Å². The second-order valence-electron chi connectivity index (χ2n) is 2.76. The first-order chi connectivity index (χ1) is 6.16. The number of nitrogens with zero attached hydrogens (tertiary/aromatic N) is 1. The lowest BCUT2D eigenvalue weighted by Crippen LogP contribution is -2.23. The zero-order chi connectivity index (χ0) is 9.84. The van der Waals surface area contributed by atoms with Crippen LogP contribution in [-0.4, -0.2) is 11.2 Å². The van der Waals surface area contributed by atoms with Crippen LogP contribution < -0.4 is 11.3 Å². The fourth-order valence-electron chi connectivity index (χ4n) is 1.04. The Labute approximate surface area is 76.9 Å². The summed E-state index contributed by atoms with van der Waals surface area (Å²) < 4.78 is 6.66. The molecule has 0 saturated carbocycles.